The van der Waals surface area contributed by atoms with Crippen molar-refractivity contribution in [2.24, 2.45) is 5.41 Å². The van der Waals surface area contributed by atoms with Crippen LogP contribution in [-0.2, 0) is 21.4 Å². The summed E-state index contributed by atoms with van der Waals surface area (Å²) in [5.74, 6) is 0.114. The molecule has 1 saturated carbocycles. The number of piperazine rings is 1. The second-order valence-electron chi connectivity index (χ2n) is 7.29. The van der Waals surface area contributed by atoms with Gasteiger partial charge < -0.3 is 4.90 Å². The smallest absolute Gasteiger partial charge is 0.223 e. The van der Waals surface area contributed by atoms with Gasteiger partial charge in [-0.3, -0.25) is 4.79 Å². The molecule has 1 aromatic rings. The van der Waals surface area contributed by atoms with Gasteiger partial charge in [-0.15, -0.1) is 5.10 Å². The molecule has 1 aliphatic carbocycles. The van der Waals surface area contributed by atoms with Crippen LogP contribution in [0.5, 0.6) is 0 Å². The molecule has 9 nitrogen and oxygen atoms in total. The molecule has 3 rings (SSSR count). The molecule has 0 unspecified atom stereocenters. The third kappa shape index (κ3) is 4.55. The van der Waals surface area contributed by atoms with Crippen molar-refractivity contribution in [2.45, 2.75) is 45.1 Å². The van der Waals surface area contributed by atoms with E-state index in [-0.39, 0.29) is 11.3 Å². The van der Waals surface area contributed by atoms with E-state index in [0.717, 1.165) is 25.7 Å². The third-order valence-corrected chi connectivity index (χ3v) is 6.69. The number of carbonyl (C=O) groups excluding carboxylic acids is 1. The highest BCUT2D eigenvalue weighted by Gasteiger charge is 2.37. The number of sulfonamides is 1. The van der Waals surface area contributed by atoms with Crippen LogP contribution in [0.1, 0.15) is 38.5 Å². The fourth-order valence-corrected chi connectivity index (χ4v) is 4.82. The van der Waals surface area contributed by atoms with E-state index in [4.69, 9.17) is 0 Å². The second-order valence-corrected chi connectivity index (χ2v) is 9.27. The number of rotatable bonds is 5. The van der Waals surface area contributed by atoms with Gasteiger partial charge in [0.15, 0.2) is 0 Å². The predicted molar refractivity (Wildman–Crippen MR) is 90.9 cm³/mol. The molecule has 0 radical (unpaired) electrons. The zero-order valence-corrected chi connectivity index (χ0v) is 15.5. The highest BCUT2D eigenvalue weighted by molar-refractivity contribution is 7.88. The summed E-state index contributed by atoms with van der Waals surface area (Å²) < 4.78 is 26.4. The van der Waals surface area contributed by atoms with Gasteiger partial charge >= 0.3 is 0 Å². The fraction of sp³-hybridized carbons (Fsp3) is 0.867. The maximum Gasteiger partial charge on any atom is 0.223 e. The van der Waals surface area contributed by atoms with E-state index < -0.39 is 10.0 Å². The zero-order chi connectivity index (χ0) is 17.9. The minimum Gasteiger partial charge on any atom is -0.340 e. The molecular weight excluding hydrogens is 344 g/mol. The van der Waals surface area contributed by atoms with Gasteiger partial charge in [0.25, 0.3) is 0 Å². The normalized spacial score (nSPS) is 22.0. The Morgan fingerprint density at radius 3 is 2.36 bits per heavy atom. The van der Waals surface area contributed by atoms with E-state index >= 15 is 0 Å². The molecule has 0 spiro atoms. The van der Waals surface area contributed by atoms with Crippen molar-refractivity contribution in [1.82, 2.24) is 29.4 Å². The summed E-state index contributed by atoms with van der Waals surface area (Å²) in [7, 11) is -3.18. The molecule has 0 aromatic carbocycles. The Balaban J connectivity index is 1.63. The third-order valence-electron chi connectivity index (χ3n) is 5.39. The Kier molecular flexibility index (Phi) is 5.38. The van der Waals surface area contributed by atoms with Crippen molar-refractivity contribution in [1.29, 1.82) is 0 Å². The predicted octanol–water partition coefficient (Wildman–Crippen LogP) is 0.118. The van der Waals surface area contributed by atoms with Crippen LogP contribution in [0.4, 0.5) is 0 Å². The molecule has 0 N–H and O–H groups in total. The van der Waals surface area contributed by atoms with Crippen LogP contribution >= 0.6 is 0 Å². The maximum atomic E-state index is 12.9. The van der Waals surface area contributed by atoms with Crippen molar-refractivity contribution in [3.63, 3.8) is 0 Å². The molecule has 140 valence electrons. The maximum absolute atomic E-state index is 12.9. The lowest BCUT2D eigenvalue weighted by Gasteiger charge is -2.39. The summed E-state index contributed by atoms with van der Waals surface area (Å²) in [5, 5.41) is 11.4. The van der Waals surface area contributed by atoms with E-state index in [2.05, 4.69) is 15.5 Å². The van der Waals surface area contributed by atoms with Crippen LogP contribution in [0.25, 0.3) is 0 Å². The Bertz CT molecular complexity index is 676. The standard InChI is InChI=1S/C15H26N6O3S/c1-25(23,24)21-9-7-19(8-10-21)14(22)11-15(5-3-2-4-6-15)12-20-13-16-17-18-20/h13H,2-12H2,1H3. The van der Waals surface area contributed by atoms with Gasteiger partial charge in [-0.05, 0) is 28.7 Å². The number of nitrogens with zero attached hydrogens (tertiary/aromatic N) is 6. The lowest BCUT2D eigenvalue weighted by Crippen LogP contribution is -2.51. The van der Waals surface area contributed by atoms with Gasteiger partial charge in [-0.2, -0.15) is 4.31 Å². The molecule has 1 amide bonds. The first-order valence-electron chi connectivity index (χ1n) is 8.82. The van der Waals surface area contributed by atoms with Crippen LogP contribution in [0, 0.1) is 5.41 Å². The minimum atomic E-state index is -3.18. The lowest BCUT2D eigenvalue weighted by atomic mass is 9.71. The van der Waals surface area contributed by atoms with Crippen molar-refractivity contribution in [3.05, 3.63) is 6.33 Å². The highest BCUT2D eigenvalue weighted by atomic mass is 32.2. The molecule has 2 aliphatic rings. The quantitative estimate of drug-likeness (QED) is 0.729. The first-order valence-corrected chi connectivity index (χ1v) is 10.7. The first kappa shape index (κ1) is 18.2. The van der Waals surface area contributed by atoms with Gasteiger partial charge in [-0.25, -0.2) is 13.1 Å². The Hall–Kier alpha value is -1.55. The number of aromatic nitrogens is 4. The zero-order valence-electron chi connectivity index (χ0n) is 14.7. The number of carbonyl (C=O) groups is 1. The van der Waals surface area contributed by atoms with Gasteiger partial charge in [0.1, 0.15) is 6.33 Å². The van der Waals surface area contributed by atoms with Crippen LogP contribution in [0.15, 0.2) is 6.33 Å². The fourth-order valence-electron chi connectivity index (χ4n) is 3.99. The van der Waals surface area contributed by atoms with Crippen molar-refractivity contribution in [3.8, 4) is 0 Å². The van der Waals surface area contributed by atoms with Gasteiger partial charge in [0.05, 0.1) is 12.8 Å². The highest BCUT2D eigenvalue weighted by Crippen LogP contribution is 2.41. The molecule has 25 heavy (non-hydrogen) atoms. The summed E-state index contributed by atoms with van der Waals surface area (Å²) in [4.78, 5) is 14.7. The van der Waals surface area contributed by atoms with E-state index in [1.165, 1.54) is 17.0 Å². The molecule has 1 aliphatic heterocycles. The Labute approximate surface area is 148 Å². The molecule has 1 saturated heterocycles. The van der Waals surface area contributed by atoms with E-state index in [1.807, 2.05) is 0 Å². The van der Waals surface area contributed by atoms with Gasteiger partial charge in [0, 0.05) is 32.6 Å². The van der Waals surface area contributed by atoms with Crippen LogP contribution in [0.2, 0.25) is 0 Å². The Morgan fingerprint density at radius 2 is 1.80 bits per heavy atom. The van der Waals surface area contributed by atoms with E-state index in [0.29, 0.717) is 39.1 Å². The number of tetrazole rings is 1. The van der Waals surface area contributed by atoms with E-state index in [1.54, 1.807) is 15.9 Å². The van der Waals surface area contributed by atoms with Crippen molar-refractivity contribution in [2.75, 3.05) is 32.4 Å². The van der Waals surface area contributed by atoms with Crippen LogP contribution in [0.3, 0.4) is 0 Å². The molecule has 0 atom stereocenters. The monoisotopic (exact) mass is 370 g/mol. The topological polar surface area (TPSA) is 101 Å². The van der Waals surface area contributed by atoms with Gasteiger partial charge in [0.2, 0.25) is 15.9 Å². The molecule has 10 heteroatoms. The second kappa shape index (κ2) is 7.36. The van der Waals surface area contributed by atoms with Gasteiger partial charge in [-0.1, -0.05) is 19.3 Å². The SMILES string of the molecule is CS(=O)(=O)N1CCN(C(=O)CC2(Cn3cnnn3)CCCCC2)CC1. The van der Waals surface area contributed by atoms with Crippen LogP contribution in [-0.4, -0.2) is 76.2 Å². The first-order chi connectivity index (χ1) is 11.9. The molecule has 2 fully saturated rings. The summed E-state index contributed by atoms with van der Waals surface area (Å²) >= 11 is 0. The number of amides is 1. The van der Waals surface area contributed by atoms with E-state index in [9.17, 15) is 13.2 Å². The summed E-state index contributed by atoms with van der Waals surface area (Å²) in [6.07, 6.45) is 8.75. The summed E-state index contributed by atoms with van der Waals surface area (Å²) in [5.41, 5.74) is -0.0985. The lowest BCUT2D eigenvalue weighted by molar-refractivity contribution is -0.136. The largest absolute Gasteiger partial charge is 0.340 e. The van der Waals surface area contributed by atoms with Crippen molar-refractivity contribution < 1.29 is 13.2 Å². The number of hydrogen-bond donors (Lipinski definition) is 0. The Morgan fingerprint density at radius 1 is 1.12 bits per heavy atom. The molecule has 2 heterocycles. The average Bonchev–Trinajstić information content (AvgIpc) is 3.07. The molecule has 1 aromatic heterocycles. The van der Waals surface area contributed by atoms with Crippen molar-refractivity contribution >= 4 is 15.9 Å². The van der Waals surface area contributed by atoms with Crippen LogP contribution < -0.4 is 0 Å². The molecular formula is C15H26N6O3S. The average molecular weight is 370 g/mol. The summed E-state index contributed by atoms with van der Waals surface area (Å²) in [6, 6.07) is 0. The number of hydrogen-bond acceptors (Lipinski definition) is 6. The summed E-state index contributed by atoms with van der Waals surface area (Å²) in [6.45, 7) is 2.35. The minimum absolute atomic E-state index is 0.0985. The molecule has 0 bridgehead atoms.